The molecular formula is C8H9NO3S. The van der Waals surface area contributed by atoms with Crippen molar-refractivity contribution in [1.82, 2.24) is 5.32 Å². The van der Waals surface area contributed by atoms with Crippen LogP contribution in [0.5, 0.6) is 0 Å². The first-order valence-electron chi connectivity index (χ1n) is 3.69. The fourth-order valence-electron chi connectivity index (χ4n) is 0.937. The largest absolute Gasteiger partial charge is 0.465 e. The molecule has 0 bridgehead atoms. The van der Waals surface area contributed by atoms with Crippen molar-refractivity contribution in [2.75, 3.05) is 0 Å². The van der Waals surface area contributed by atoms with Crippen molar-refractivity contribution in [3.05, 3.63) is 22.4 Å². The number of hydrogen-bond donors (Lipinski definition) is 2. The molecule has 1 atom stereocenters. The molecule has 0 saturated carbocycles. The Morgan fingerprint density at radius 1 is 1.77 bits per heavy atom. The maximum atomic E-state index is 10.4. The maximum absolute atomic E-state index is 10.4. The summed E-state index contributed by atoms with van der Waals surface area (Å²) in [4.78, 5) is 21.7. The Morgan fingerprint density at radius 2 is 2.54 bits per heavy atom. The first-order valence-corrected chi connectivity index (χ1v) is 4.57. The van der Waals surface area contributed by atoms with Crippen LogP contribution >= 0.6 is 11.3 Å². The van der Waals surface area contributed by atoms with Crippen LogP contribution < -0.4 is 5.32 Å². The van der Waals surface area contributed by atoms with E-state index in [9.17, 15) is 9.59 Å². The van der Waals surface area contributed by atoms with E-state index in [1.807, 2.05) is 17.5 Å². The zero-order valence-electron chi connectivity index (χ0n) is 6.77. The molecular weight excluding hydrogens is 190 g/mol. The molecule has 0 spiro atoms. The van der Waals surface area contributed by atoms with E-state index < -0.39 is 12.1 Å². The van der Waals surface area contributed by atoms with Crippen LogP contribution in [0.3, 0.4) is 0 Å². The first-order chi connectivity index (χ1) is 6.22. The highest BCUT2D eigenvalue weighted by atomic mass is 32.1. The summed E-state index contributed by atoms with van der Waals surface area (Å²) in [5, 5.41) is 12.4. The summed E-state index contributed by atoms with van der Waals surface area (Å²) in [6.07, 6.45) is -0.143. The molecule has 0 aromatic carbocycles. The SMILES string of the molecule is O=CC(Cc1cccs1)NC(=O)O. The van der Waals surface area contributed by atoms with Gasteiger partial charge in [0, 0.05) is 11.3 Å². The van der Waals surface area contributed by atoms with Gasteiger partial charge in [0.05, 0.1) is 6.04 Å². The molecule has 13 heavy (non-hydrogen) atoms. The highest BCUT2D eigenvalue weighted by Crippen LogP contribution is 2.10. The summed E-state index contributed by atoms with van der Waals surface area (Å²) in [5.41, 5.74) is 0. The van der Waals surface area contributed by atoms with Crippen LogP contribution in [0.25, 0.3) is 0 Å². The minimum absolute atomic E-state index is 0.424. The smallest absolute Gasteiger partial charge is 0.405 e. The van der Waals surface area contributed by atoms with Crippen LogP contribution in [-0.4, -0.2) is 23.5 Å². The molecule has 2 N–H and O–H groups in total. The average molecular weight is 199 g/mol. The second-order valence-electron chi connectivity index (χ2n) is 2.48. The third kappa shape index (κ3) is 3.25. The number of carbonyl (C=O) groups is 2. The van der Waals surface area contributed by atoms with Crippen molar-refractivity contribution in [2.45, 2.75) is 12.5 Å². The van der Waals surface area contributed by atoms with E-state index in [1.54, 1.807) is 0 Å². The van der Waals surface area contributed by atoms with Gasteiger partial charge in [0.15, 0.2) is 0 Å². The van der Waals surface area contributed by atoms with E-state index in [-0.39, 0.29) is 0 Å². The standard InChI is InChI=1S/C8H9NO3S/c10-5-6(9-8(11)12)4-7-2-1-3-13-7/h1-3,5-6,9H,4H2,(H,11,12). The van der Waals surface area contributed by atoms with E-state index in [4.69, 9.17) is 5.11 Å². The van der Waals surface area contributed by atoms with Crippen LogP contribution in [0.15, 0.2) is 17.5 Å². The number of aldehydes is 1. The first kappa shape index (κ1) is 9.73. The molecule has 0 saturated heterocycles. The normalized spacial score (nSPS) is 12.0. The average Bonchev–Trinajstić information content (AvgIpc) is 2.55. The zero-order chi connectivity index (χ0) is 9.68. The van der Waals surface area contributed by atoms with Gasteiger partial charge < -0.3 is 15.2 Å². The summed E-state index contributed by atoms with van der Waals surface area (Å²) < 4.78 is 0. The Kier molecular flexibility index (Phi) is 3.45. The maximum Gasteiger partial charge on any atom is 0.405 e. The lowest BCUT2D eigenvalue weighted by atomic mass is 10.2. The van der Waals surface area contributed by atoms with Gasteiger partial charge >= 0.3 is 6.09 Å². The van der Waals surface area contributed by atoms with Crippen LogP contribution in [0.2, 0.25) is 0 Å². The molecule has 1 aromatic heterocycles. The van der Waals surface area contributed by atoms with Gasteiger partial charge in [-0.25, -0.2) is 4.79 Å². The van der Waals surface area contributed by atoms with E-state index in [0.717, 1.165) is 4.88 Å². The lowest BCUT2D eigenvalue weighted by molar-refractivity contribution is -0.109. The van der Waals surface area contributed by atoms with E-state index in [1.165, 1.54) is 11.3 Å². The zero-order valence-corrected chi connectivity index (χ0v) is 7.58. The molecule has 5 heteroatoms. The molecule has 0 fully saturated rings. The molecule has 4 nitrogen and oxygen atoms in total. The Labute approximate surface area is 79.2 Å². The molecule has 1 aromatic rings. The predicted octanol–water partition coefficient (Wildman–Crippen LogP) is 1.13. The topological polar surface area (TPSA) is 66.4 Å². The van der Waals surface area contributed by atoms with Gasteiger partial charge in [-0.05, 0) is 11.4 Å². The van der Waals surface area contributed by atoms with Gasteiger partial charge in [-0.15, -0.1) is 11.3 Å². The van der Waals surface area contributed by atoms with E-state index >= 15 is 0 Å². The summed E-state index contributed by atoms with van der Waals surface area (Å²) in [6, 6.07) is 3.09. The summed E-state index contributed by atoms with van der Waals surface area (Å²) >= 11 is 1.50. The van der Waals surface area contributed by atoms with Crippen molar-refractivity contribution in [3.8, 4) is 0 Å². The number of amides is 1. The highest BCUT2D eigenvalue weighted by Gasteiger charge is 2.10. The van der Waals surface area contributed by atoms with Crippen molar-refractivity contribution in [3.63, 3.8) is 0 Å². The van der Waals surface area contributed by atoms with Crippen molar-refractivity contribution < 1.29 is 14.7 Å². The van der Waals surface area contributed by atoms with E-state index in [2.05, 4.69) is 5.32 Å². The predicted molar refractivity (Wildman–Crippen MR) is 49.0 cm³/mol. The molecule has 70 valence electrons. The number of nitrogens with one attached hydrogen (secondary N) is 1. The quantitative estimate of drug-likeness (QED) is 0.714. The number of rotatable bonds is 4. The highest BCUT2D eigenvalue weighted by molar-refractivity contribution is 7.09. The monoisotopic (exact) mass is 199 g/mol. The number of carboxylic acid groups (broad SMARTS) is 1. The summed E-state index contributed by atoms with van der Waals surface area (Å²) in [7, 11) is 0. The Balaban J connectivity index is 2.49. The fourth-order valence-corrected chi connectivity index (χ4v) is 1.70. The molecule has 0 radical (unpaired) electrons. The Hall–Kier alpha value is -1.36. The van der Waals surface area contributed by atoms with Gasteiger partial charge in [-0.2, -0.15) is 0 Å². The van der Waals surface area contributed by atoms with Crippen molar-refractivity contribution in [2.24, 2.45) is 0 Å². The second kappa shape index (κ2) is 4.61. The van der Waals surface area contributed by atoms with Gasteiger partial charge in [0.25, 0.3) is 0 Å². The molecule has 0 aliphatic carbocycles. The molecule has 1 amide bonds. The molecule has 1 unspecified atom stereocenters. The third-order valence-electron chi connectivity index (χ3n) is 1.47. The minimum Gasteiger partial charge on any atom is -0.465 e. The molecule has 0 aliphatic heterocycles. The summed E-state index contributed by atoms with van der Waals surface area (Å²) in [6.45, 7) is 0. The Bertz CT molecular complexity index is 284. The molecule has 1 heterocycles. The summed E-state index contributed by atoms with van der Waals surface area (Å²) in [5.74, 6) is 0. The minimum atomic E-state index is -1.17. The molecule has 1 rings (SSSR count). The van der Waals surface area contributed by atoms with Gasteiger partial charge in [0.2, 0.25) is 0 Å². The number of thiophene rings is 1. The third-order valence-corrected chi connectivity index (χ3v) is 2.37. The van der Waals surface area contributed by atoms with Crippen LogP contribution in [0.4, 0.5) is 4.79 Å². The Morgan fingerprint density at radius 3 is 3.00 bits per heavy atom. The van der Waals surface area contributed by atoms with Gasteiger partial charge in [0.1, 0.15) is 6.29 Å². The van der Waals surface area contributed by atoms with Crippen LogP contribution in [0.1, 0.15) is 4.88 Å². The fraction of sp³-hybridized carbons (Fsp3) is 0.250. The number of carbonyl (C=O) groups excluding carboxylic acids is 1. The van der Waals surface area contributed by atoms with E-state index in [0.29, 0.717) is 12.7 Å². The van der Waals surface area contributed by atoms with Crippen molar-refractivity contribution in [1.29, 1.82) is 0 Å². The lowest BCUT2D eigenvalue weighted by Crippen LogP contribution is -2.36. The van der Waals surface area contributed by atoms with Gasteiger partial charge in [-0.1, -0.05) is 6.07 Å². The molecule has 0 aliphatic rings. The lowest BCUT2D eigenvalue weighted by Gasteiger charge is -2.07. The van der Waals surface area contributed by atoms with Crippen LogP contribution in [-0.2, 0) is 11.2 Å². The number of hydrogen-bond acceptors (Lipinski definition) is 3. The van der Waals surface area contributed by atoms with Gasteiger partial charge in [-0.3, -0.25) is 0 Å². The van der Waals surface area contributed by atoms with Crippen LogP contribution in [0, 0.1) is 0 Å². The van der Waals surface area contributed by atoms with Crippen molar-refractivity contribution >= 4 is 23.7 Å². The second-order valence-corrected chi connectivity index (χ2v) is 3.51.